The molecule has 0 aliphatic carbocycles. The number of benzene rings is 1. The summed E-state index contributed by atoms with van der Waals surface area (Å²) >= 11 is 0. The number of hydrogen-bond donors (Lipinski definition) is 1. The molecule has 1 aromatic heterocycles. The van der Waals surface area contributed by atoms with Crippen LogP contribution in [0.5, 0.6) is 0 Å². The number of nitrogens with zero attached hydrogens (tertiary/aromatic N) is 4. The second kappa shape index (κ2) is 3.84. The van der Waals surface area contributed by atoms with Crippen molar-refractivity contribution in [2.45, 2.75) is 20.4 Å². The second-order valence-corrected chi connectivity index (χ2v) is 4.41. The number of nitrogens with one attached hydrogen (secondary N) is 1. The predicted octanol–water partition coefficient (Wildman–Crippen LogP) is 1.05. The molecule has 1 N–H and O–H groups in total. The zero-order valence-corrected chi connectivity index (χ0v) is 10.1. The van der Waals surface area contributed by atoms with Gasteiger partial charge in [0.2, 0.25) is 0 Å². The average molecular weight is 229 g/mol. The van der Waals surface area contributed by atoms with Crippen molar-refractivity contribution >= 4 is 16.9 Å². The van der Waals surface area contributed by atoms with Crippen molar-refractivity contribution in [3.8, 4) is 0 Å². The van der Waals surface area contributed by atoms with Gasteiger partial charge in [-0.25, -0.2) is 0 Å². The van der Waals surface area contributed by atoms with E-state index in [1.54, 1.807) is 4.80 Å². The fraction of sp³-hybridized carbons (Fsp3) is 0.417. The SMILES string of the molecule is Cc1cc2nn(CC3=NCCN3)nc2cc1C. The van der Waals surface area contributed by atoms with Gasteiger partial charge < -0.3 is 5.32 Å². The zero-order valence-electron chi connectivity index (χ0n) is 10.1. The van der Waals surface area contributed by atoms with E-state index in [2.05, 4.69) is 46.5 Å². The van der Waals surface area contributed by atoms with Crippen LogP contribution in [0, 0.1) is 13.8 Å². The first-order chi connectivity index (χ1) is 8.22. The van der Waals surface area contributed by atoms with Crippen molar-refractivity contribution in [2.75, 3.05) is 13.1 Å². The van der Waals surface area contributed by atoms with Crippen LogP contribution < -0.4 is 5.32 Å². The molecule has 0 saturated heterocycles. The molecule has 5 nitrogen and oxygen atoms in total. The third-order valence-electron chi connectivity index (χ3n) is 3.07. The van der Waals surface area contributed by atoms with E-state index in [4.69, 9.17) is 0 Å². The Hall–Kier alpha value is -1.91. The smallest absolute Gasteiger partial charge is 0.120 e. The highest BCUT2D eigenvalue weighted by atomic mass is 15.5. The number of aryl methyl sites for hydroxylation is 2. The fourth-order valence-electron chi connectivity index (χ4n) is 1.97. The van der Waals surface area contributed by atoms with E-state index in [9.17, 15) is 0 Å². The van der Waals surface area contributed by atoms with Crippen LogP contribution in [0.15, 0.2) is 17.1 Å². The summed E-state index contributed by atoms with van der Waals surface area (Å²) in [6, 6.07) is 4.16. The first-order valence-corrected chi connectivity index (χ1v) is 5.82. The Morgan fingerprint density at radius 3 is 2.35 bits per heavy atom. The topological polar surface area (TPSA) is 55.1 Å². The number of amidine groups is 1. The molecule has 0 saturated carbocycles. The van der Waals surface area contributed by atoms with Crippen molar-refractivity contribution < 1.29 is 0 Å². The summed E-state index contributed by atoms with van der Waals surface area (Å²) in [5.74, 6) is 0.971. The maximum Gasteiger partial charge on any atom is 0.120 e. The highest BCUT2D eigenvalue weighted by Crippen LogP contribution is 2.15. The van der Waals surface area contributed by atoms with Crippen LogP contribution in [0.1, 0.15) is 11.1 Å². The molecule has 2 heterocycles. The van der Waals surface area contributed by atoms with Gasteiger partial charge in [-0.05, 0) is 37.1 Å². The lowest BCUT2D eigenvalue weighted by Gasteiger charge is -1.99. The van der Waals surface area contributed by atoms with Crippen molar-refractivity contribution in [1.82, 2.24) is 20.3 Å². The van der Waals surface area contributed by atoms with E-state index in [0.29, 0.717) is 6.54 Å². The van der Waals surface area contributed by atoms with Crippen LogP contribution in [0.25, 0.3) is 11.0 Å². The molecule has 0 unspecified atom stereocenters. The Balaban J connectivity index is 1.96. The molecular formula is C12H15N5. The zero-order chi connectivity index (χ0) is 11.8. The second-order valence-electron chi connectivity index (χ2n) is 4.41. The normalized spacial score (nSPS) is 15.1. The van der Waals surface area contributed by atoms with E-state index in [0.717, 1.165) is 30.0 Å². The van der Waals surface area contributed by atoms with Gasteiger partial charge in [-0.15, -0.1) is 0 Å². The molecule has 3 rings (SSSR count). The molecule has 1 aromatic carbocycles. The summed E-state index contributed by atoms with van der Waals surface area (Å²) in [6.07, 6.45) is 0. The average Bonchev–Trinajstić information content (AvgIpc) is 2.89. The summed E-state index contributed by atoms with van der Waals surface area (Å²) in [7, 11) is 0. The van der Waals surface area contributed by atoms with E-state index < -0.39 is 0 Å². The van der Waals surface area contributed by atoms with E-state index in [1.165, 1.54) is 11.1 Å². The standard InChI is InChI=1S/C12H15N5/c1-8-5-10-11(6-9(8)2)16-17(15-10)7-12-13-3-4-14-12/h5-6H,3-4,7H2,1-2H3,(H,13,14). The maximum atomic E-state index is 4.46. The third kappa shape index (κ3) is 1.88. The predicted molar refractivity (Wildman–Crippen MR) is 67.3 cm³/mol. The van der Waals surface area contributed by atoms with Gasteiger partial charge in [0.15, 0.2) is 0 Å². The summed E-state index contributed by atoms with van der Waals surface area (Å²) in [6.45, 7) is 6.60. The molecule has 0 fully saturated rings. The largest absolute Gasteiger partial charge is 0.370 e. The van der Waals surface area contributed by atoms with Crippen LogP contribution in [0.2, 0.25) is 0 Å². The minimum absolute atomic E-state index is 0.632. The molecule has 0 bridgehead atoms. The fourth-order valence-corrected chi connectivity index (χ4v) is 1.97. The van der Waals surface area contributed by atoms with Crippen LogP contribution in [-0.2, 0) is 6.54 Å². The summed E-state index contributed by atoms with van der Waals surface area (Å²) in [4.78, 5) is 6.05. The maximum absolute atomic E-state index is 4.46. The number of rotatable bonds is 2. The van der Waals surface area contributed by atoms with Crippen molar-refractivity contribution in [2.24, 2.45) is 4.99 Å². The van der Waals surface area contributed by atoms with Crippen molar-refractivity contribution in [3.05, 3.63) is 23.3 Å². The summed E-state index contributed by atoms with van der Waals surface area (Å²) < 4.78 is 0. The molecule has 17 heavy (non-hydrogen) atoms. The quantitative estimate of drug-likeness (QED) is 0.837. The minimum Gasteiger partial charge on any atom is -0.370 e. The Morgan fingerprint density at radius 2 is 1.82 bits per heavy atom. The van der Waals surface area contributed by atoms with Crippen LogP contribution in [-0.4, -0.2) is 33.9 Å². The van der Waals surface area contributed by atoms with E-state index in [-0.39, 0.29) is 0 Å². The van der Waals surface area contributed by atoms with Gasteiger partial charge in [0.25, 0.3) is 0 Å². The first kappa shape index (κ1) is 10.3. The Labute approximate surface area is 99.5 Å². The number of hydrogen-bond acceptors (Lipinski definition) is 4. The lowest BCUT2D eigenvalue weighted by atomic mass is 10.1. The highest BCUT2D eigenvalue weighted by molar-refractivity contribution is 5.83. The Kier molecular flexibility index (Phi) is 2.31. The Morgan fingerprint density at radius 1 is 1.18 bits per heavy atom. The summed E-state index contributed by atoms with van der Waals surface area (Å²) in [5.41, 5.74) is 4.40. The molecular weight excluding hydrogens is 214 g/mol. The van der Waals surface area contributed by atoms with Gasteiger partial charge in [0.05, 0.1) is 6.54 Å². The molecule has 0 amide bonds. The van der Waals surface area contributed by atoms with E-state index in [1.807, 2.05) is 0 Å². The van der Waals surface area contributed by atoms with Crippen LogP contribution in [0.4, 0.5) is 0 Å². The van der Waals surface area contributed by atoms with Crippen LogP contribution >= 0.6 is 0 Å². The highest BCUT2D eigenvalue weighted by Gasteiger charge is 2.09. The lowest BCUT2D eigenvalue weighted by molar-refractivity contribution is 0.623. The van der Waals surface area contributed by atoms with Gasteiger partial charge in [0, 0.05) is 6.54 Å². The Bertz CT molecular complexity index is 557. The summed E-state index contributed by atoms with van der Waals surface area (Å²) in [5, 5.41) is 12.1. The van der Waals surface area contributed by atoms with E-state index >= 15 is 0 Å². The molecule has 1 aliphatic heterocycles. The lowest BCUT2D eigenvalue weighted by Crippen LogP contribution is -2.24. The van der Waals surface area contributed by atoms with Gasteiger partial charge in [-0.1, -0.05) is 0 Å². The number of aliphatic imine (C=N–C) groups is 1. The molecule has 0 radical (unpaired) electrons. The molecule has 0 atom stereocenters. The van der Waals surface area contributed by atoms with Crippen molar-refractivity contribution in [3.63, 3.8) is 0 Å². The van der Waals surface area contributed by atoms with Crippen LogP contribution in [0.3, 0.4) is 0 Å². The monoisotopic (exact) mass is 229 g/mol. The minimum atomic E-state index is 0.632. The molecule has 2 aromatic rings. The third-order valence-corrected chi connectivity index (χ3v) is 3.07. The van der Waals surface area contributed by atoms with Crippen molar-refractivity contribution in [1.29, 1.82) is 0 Å². The van der Waals surface area contributed by atoms with Gasteiger partial charge in [-0.3, -0.25) is 4.99 Å². The number of fused-ring (bicyclic) bond motifs is 1. The number of aromatic nitrogens is 3. The van der Waals surface area contributed by atoms with Gasteiger partial charge in [-0.2, -0.15) is 15.0 Å². The molecule has 0 spiro atoms. The van der Waals surface area contributed by atoms with Gasteiger partial charge in [0.1, 0.15) is 23.4 Å². The first-order valence-electron chi connectivity index (χ1n) is 5.82. The molecule has 1 aliphatic rings. The molecule has 5 heteroatoms. The molecule has 88 valence electrons. The van der Waals surface area contributed by atoms with Gasteiger partial charge >= 0.3 is 0 Å².